The van der Waals surface area contributed by atoms with Crippen LogP contribution in [0, 0.1) is 11.6 Å². The molecule has 84 valence electrons. The molecule has 15 heavy (non-hydrogen) atoms. The lowest BCUT2D eigenvalue weighted by Gasteiger charge is -2.13. The largest absolute Gasteiger partial charge is 0.244 e. The van der Waals surface area contributed by atoms with Gasteiger partial charge in [-0.3, -0.25) is 0 Å². The predicted octanol–water partition coefficient (Wildman–Crippen LogP) is 2.83. The van der Waals surface area contributed by atoms with Crippen LogP contribution < -0.4 is 0 Å². The van der Waals surface area contributed by atoms with E-state index in [9.17, 15) is 13.0 Å². The maximum absolute atomic E-state index is 13.4. The van der Waals surface area contributed by atoms with E-state index < -0.39 is 21.4 Å². The summed E-state index contributed by atoms with van der Waals surface area (Å²) in [5.74, 6) is -1.29. The molecule has 0 bridgehead atoms. The molecule has 0 N–H and O–H groups in total. The minimum Gasteiger partial charge on any atom is -0.244 e. The maximum Gasteiger partial charge on any atom is 0.140 e. The van der Waals surface area contributed by atoms with Gasteiger partial charge in [-0.2, -0.15) is 0 Å². The molecular formula is C10H13F2NOS. The summed E-state index contributed by atoms with van der Waals surface area (Å²) in [6.45, 7) is 3.33. The van der Waals surface area contributed by atoms with Crippen molar-refractivity contribution in [2.45, 2.75) is 24.0 Å². The standard InChI is InChI=1S/C10H13F2NOS/c1-7(2)15(14,13-3)10-6-8(11)4-5-9(10)12/h4-7H,1-3H3. The van der Waals surface area contributed by atoms with Crippen LogP contribution in [0.5, 0.6) is 0 Å². The van der Waals surface area contributed by atoms with Gasteiger partial charge < -0.3 is 0 Å². The van der Waals surface area contributed by atoms with E-state index in [1.54, 1.807) is 13.8 Å². The number of benzene rings is 1. The second-order valence-electron chi connectivity index (χ2n) is 3.37. The normalized spacial score (nSPS) is 15.1. The van der Waals surface area contributed by atoms with Gasteiger partial charge >= 0.3 is 0 Å². The van der Waals surface area contributed by atoms with Crippen LogP contribution in [0.2, 0.25) is 0 Å². The average molecular weight is 233 g/mol. The molecule has 0 fully saturated rings. The molecule has 1 atom stereocenters. The van der Waals surface area contributed by atoms with E-state index in [-0.39, 0.29) is 10.1 Å². The molecule has 0 spiro atoms. The van der Waals surface area contributed by atoms with Crippen LogP contribution in [0.3, 0.4) is 0 Å². The van der Waals surface area contributed by atoms with Gasteiger partial charge in [0, 0.05) is 12.3 Å². The molecule has 1 aromatic rings. The van der Waals surface area contributed by atoms with Crippen molar-refractivity contribution >= 4 is 9.73 Å². The summed E-state index contributed by atoms with van der Waals surface area (Å²) in [6.07, 6.45) is 0. The van der Waals surface area contributed by atoms with Gasteiger partial charge in [0.15, 0.2) is 0 Å². The van der Waals surface area contributed by atoms with Crippen LogP contribution in [-0.4, -0.2) is 16.5 Å². The molecule has 0 amide bonds. The van der Waals surface area contributed by atoms with E-state index in [0.717, 1.165) is 18.2 Å². The van der Waals surface area contributed by atoms with Crippen molar-refractivity contribution in [1.29, 1.82) is 0 Å². The molecule has 1 aromatic carbocycles. The van der Waals surface area contributed by atoms with Crippen molar-refractivity contribution in [3.05, 3.63) is 29.8 Å². The number of hydrogen-bond acceptors (Lipinski definition) is 2. The highest BCUT2D eigenvalue weighted by Crippen LogP contribution is 2.22. The zero-order valence-corrected chi connectivity index (χ0v) is 9.65. The van der Waals surface area contributed by atoms with Gasteiger partial charge in [0.2, 0.25) is 0 Å². The third-order valence-electron chi connectivity index (χ3n) is 2.12. The van der Waals surface area contributed by atoms with Crippen molar-refractivity contribution in [3.8, 4) is 0 Å². The van der Waals surface area contributed by atoms with Crippen molar-refractivity contribution in [1.82, 2.24) is 0 Å². The van der Waals surface area contributed by atoms with E-state index in [1.165, 1.54) is 7.05 Å². The molecule has 5 heteroatoms. The summed E-state index contributed by atoms with van der Waals surface area (Å²) in [5.41, 5.74) is 0. The topological polar surface area (TPSA) is 29.4 Å². The number of rotatable bonds is 2. The van der Waals surface area contributed by atoms with Crippen LogP contribution in [-0.2, 0) is 9.73 Å². The van der Waals surface area contributed by atoms with E-state index >= 15 is 0 Å². The maximum atomic E-state index is 13.4. The highest BCUT2D eigenvalue weighted by Gasteiger charge is 2.21. The fourth-order valence-corrected chi connectivity index (χ4v) is 3.02. The molecule has 0 aromatic heterocycles. The Bertz CT molecular complexity index is 476. The molecule has 0 aliphatic rings. The molecule has 0 saturated heterocycles. The molecule has 0 heterocycles. The first-order chi connectivity index (χ1) is 6.91. The summed E-state index contributed by atoms with van der Waals surface area (Å²) in [7, 11) is -1.51. The second-order valence-corrected chi connectivity index (χ2v) is 6.26. The Morgan fingerprint density at radius 1 is 1.33 bits per heavy atom. The fourth-order valence-electron chi connectivity index (χ4n) is 1.26. The molecule has 1 unspecified atom stereocenters. The van der Waals surface area contributed by atoms with Gasteiger partial charge in [-0.05, 0) is 32.0 Å². The van der Waals surface area contributed by atoms with Crippen molar-refractivity contribution in [2.75, 3.05) is 7.05 Å². The summed E-state index contributed by atoms with van der Waals surface area (Å²) in [5, 5.41) is -0.362. The summed E-state index contributed by atoms with van der Waals surface area (Å²) < 4.78 is 42.3. The van der Waals surface area contributed by atoms with E-state index in [4.69, 9.17) is 0 Å². The van der Waals surface area contributed by atoms with Gasteiger partial charge in [-0.25, -0.2) is 17.4 Å². The minimum absolute atomic E-state index is 0.153. The molecule has 0 radical (unpaired) electrons. The average Bonchev–Trinajstić information content (AvgIpc) is 2.20. The Hall–Kier alpha value is -0.970. The third kappa shape index (κ3) is 2.17. The Morgan fingerprint density at radius 2 is 1.93 bits per heavy atom. The van der Waals surface area contributed by atoms with E-state index in [1.807, 2.05) is 0 Å². The van der Waals surface area contributed by atoms with Crippen LogP contribution in [0.4, 0.5) is 8.78 Å². The highest BCUT2D eigenvalue weighted by molar-refractivity contribution is 7.94. The first kappa shape index (κ1) is 12.1. The second kappa shape index (κ2) is 4.26. The SMILES string of the molecule is CN=S(=O)(c1cc(F)ccc1F)C(C)C. The molecule has 0 saturated carbocycles. The van der Waals surface area contributed by atoms with Gasteiger partial charge in [0.25, 0.3) is 0 Å². The molecule has 0 aliphatic carbocycles. The summed E-state index contributed by atoms with van der Waals surface area (Å²) in [6, 6.07) is 2.91. The zero-order chi connectivity index (χ0) is 11.6. The zero-order valence-electron chi connectivity index (χ0n) is 8.83. The number of halogens is 2. The molecule has 2 nitrogen and oxygen atoms in total. The Morgan fingerprint density at radius 3 is 2.40 bits per heavy atom. The number of hydrogen-bond donors (Lipinski definition) is 0. The summed E-state index contributed by atoms with van der Waals surface area (Å²) >= 11 is 0. The van der Waals surface area contributed by atoms with Crippen molar-refractivity contribution < 1.29 is 13.0 Å². The lowest BCUT2D eigenvalue weighted by molar-refractivity contribution is 0.569. The van der Waals surface area contributed by atoms with Gasteiger partial charge in [-0.1, -0.05) is 0 Å². The van der Waals surface area contributed by atoms with Crippen LogP contribution in [0.15, 0.2) is 27.5 Å². The Kier molecular flexibility index (Phi) is 3.44. The lowest BCUT2D eigenvalue weighted by Crippen LogP contribution is -2.15. The minimum atomic E-state index is -2.87. The van der Waals surface area contributed by atoms with Crippen LogP contribution >= 0.6 is 0 Å². The van der Waals surface area contributed by atoms with Crippen LogP contribution in [0.1, 0.15) is 13.8 Å². The third-order valence-corrected chi connectivity index (χ3v) is 4.88. The predicted molar refractivity (Wildman–Crippen MR) is 56.3 cm³/mol. The monoisotopic (exact) mass is 233 g/mol. The van der Waals surface area contributed by atoms with Crippen molar-refractivity contribution in [2.24, 2.45) is 4.36 Å². The molecule has 0 aliphatic heterocycles. The number of nitrogens with zero attached hydrogens (tertiary/aromatic N) is 1. The lowest BCUT2D eigenvalue weighted by atomic mass is 10.3. The Labute approximate surface area is 88.5 Å². The smallest absolute Gasteiger partial charge is 0.140 e. The van der Waals surface area contributed by atoms with E-state index in [2.05, 4.69) is 4.36 Å². The van der Waals surface area contributed by atoms with Crippen LogP contribution in [0.25, 0.3) is 0 Å². The highest BCUT2D eigenvalue weighted by atomic mass is 32.2. The molecular weight excluding hydrogens is 220 g/mol. The van der Waals surface area contributed by atoms with Crippen molar-refractivity contribution in [3.63, 3.8) is 0 Å². The van der Waals surface area contributed by atoms with Gasteiger partial charge in [0.1, 0.15) is 11.6 Å². The van der Waals surface area contributed by atoms with Gasteiger partial charge in [-0.15, -0.1) is 0 Å². The Balaban J connectivity index is 3.51. The fraction of sp³-hybridized carbons (Fsp3) is 0.400. The quantitative estimate of drug-likeness (QED) is 0.772. The van der Waals surface area contributed by atoms with Gasteiger partial charge in [0.05, 0.1) is 14.6 Å². The van der Waals surface area contributed by atoms with E-state index in [0.29, 0.717) is 0 Å². The summed E-state index contributed by atoms with van der Waals surface area (Å²) in [4.78, 5) is -0.153. The first-order valence-electron chi connectivity index (χ1n) is 4.51. The first-order valence-corrected chi connectivity index (χ1v) is 6.09. The molecule has 1 rings (SSSR count).